The van der Waals surface area contributed by atoms with E-state index >= 15 is 0 Å². The molecule has 1 fully saturated rings. The number of nitrogens with zero attached hydrogens (tertiary/aromatic N) is 1. The van der Waals surface area contributed by atoms with Crippen LogP contribution in [0.4, 0.5) is 8.78 Å². The van der Waals surface area contributed by atoms with Crippen molar-refractivity contribution in [2.45, 2.75) is 37.8 Å². The van der Waals surface area contributed by atoms with Gasteiger partial charge in [-0.1, -0.05) is 25.0 Å². The lowest BCUT2D eigenvalue weighted by molar-refractivity contribution is 0.230. The van der Waals surface area contributed by atoms with Gasteiger partial charge in [0.2, 0.25) is 0 Å². The molecule has 2 N–H and O–H groups in total. The van der Waals surface area contributed by atoms with Gasteiger partial charge in [0, 0.05) is 24.2 Å². The lowest BCUT2D eigenvalue weighted by Gasteiger charge is -2.27. The van der Waals surface area contributed by atoms with Crippen molar-refractivity contribution in [1.82, 2.24) is 4.90 Å². The molecule has 1 saturated carbocycles. The van der Waals surface area contributed by atoms with Crippen LogP contribution in [-0.4, -0.2) is 24.5 Å². The maximum absolute atomic E-state index is 13.6. The van der Waals surface area contributed by atoms with E-state index in [2.05, 4.69) is 4.90 Å². The Hall–Kier alpha value is -1.00. The zero-order chi connectivity index (χ0) is 13.1. The molecule has 100 valence electrons. The molecule has 2 rings (SSSR count). The highest BCUT2D eigenvalue weighted by atomic mass is 19.2. The van der Waals surface area contributed by atoms with Gasteiger partial charge in [0.15, 0.2) is 11.6 Å². The summed E-state index contributed by atoms with van der Waals surface area (Å²) in [5.74, 6) is -1.64. The van der Waals surface area contributed by atoms with E-state index in [9.17, 15) is 8.78 Å². The summed E-state index contributed by atoms with van der Waals surface area (Å²) < 4.78 is 26.7. The summed E-state index contributed by atoms with van der Waals surface area (Å²) >= 11 is 0. The van der Waals surface area contributed by atoms with Crippen LogP contribution >= 0.6 is 0 Å². The van der Waals surface area contributed by atoms with Gasteiger partial charge in [0.05, 0.1) is 0 Å². The first kappa shape index (κ1) is 13.4. The van der Waals surface area contributed by atoms with Crippen LogP contribution in [-0.2, 0) is 0 Å². The molecular formula is C14H20F2N2. The molecule has 1 aromatic rings. The lowest BCUT2D eigenvalue weighted by Crippen LogP contribution is -2.36. The van der Waals surface area contributed by atoms with Gasteiger partial charge in [0.1, 0.15) is 0 Å². The molecule has 1 aromatic carbocycles. The van der Waals surface area contributed by atoms with Crippen molar-refractivity contribution >= 4 is 0 Å². The minimum Gasteiger partial charge on any atom is -0.323 e. The average Bonchev–Trinajstić information content (AvgIpc) is 2.86. The molecule has 0 amide bonds. The number of halogens is 2. The monoisotopic (exact) mass is 254 g/mol. The zero-order valence-electron chi connectivity index (χ0n) is 10.7. The van der Waals surface area contributed by atoms with Gasteiger partial charge in [-0.15, -0.1) is 0 Å². The van der Waals surface area contributed by atoms with Crippen LogP contribution in [0.3, 0.4) is 0 Å². The second-order valence-corrected chi connectivity index (χ2v) is 5.13. The van der Waals surface area contributed by atoms with Gasteiger partial charge in [-0.2, -0.15) is 0 Å². The summed E-state index contributed by atoms with van der Waals surface area (Å²) in [6.07, 6.45) is 4.85. The van der Waals surface area contributed by atoms with E-state index in [1.54, 1.807) is 6.07 Å². The predicted molar refractivity (Wildman–Crippen MR) is 68.2 cm³/mol. The first-order valence-electron chi connectivity index (χ1n) is 6.49. The zero-order valence-corrected chi connectivity index (χ0v) is 10.7. The SMILES string of the molecule is CN(CC(N)c1cccc(F)c1F)C1CCCC1. The highest BCUT2D eigenvalue weighted by Gasteiger charge is 2.23. The molecule has 4 heteroatoms. The van der Waals surface area contributed by atoms with Crippen LogP contribution in [0.5, 0.6) is 0 Å². The first-order chi connectivity index (χ1) is 8.59. The van der Waals surface area contributed by atoms with Gasteiger partial charge in [0.25, 0.3) is 0 Å². The molecule has 0 aliphatic heterocycles. The maximum Gasteiger partial charge on any atom is 0.163 e. The van der Waals surface area contributed by atoms with Gasteiger partial charge >= 0.3 is 0 Å². The summed E-state index contributed by atoms with van der Waals surface area (Å²) in [6.45, 7) is 0.561. The molecule has 1 unspecified atom stereocenters. The summed E-state index contributed by atoms with van der Waals surface area (Å²) in [5, 5.41) is 0. The van der Waals surface area contributed by atoms with Crippen molar-refractivity contribution in [3.8, 4) is 0 Å². The average molecular weight is 254 g/mol. The molecule has 1 aliphatic carbocycles. The normalized spacial score (nSPS) is 18.5. The molecule has 0 aromatic heterocycles. The maximum atomic E-state index is 13.6. The standard InChI is InChI=1S/C14H20F2N2/c1-18(10-5-2-3-6-10)9-13(17)11-7-4-8-12(15)14(11)16/h4,7-8,10,13H,2-3,5-6,9,17H2,1H3. The van der Waals surface area contributed by atoms with Crippen molar-refractivity contribution < 1.29 is 8.78 Å². The Labute approximate surface area is 107 Å². The Morgan fingerprint density at radius 3 is 2.67 bits per heavy atom. The van der Waals surface area contributed by atoms with E-state index in [1.165, 1.54) is 31.7 Å². The predicted octanol–water partition coefficient (Wildman–Crippen LogP) is 2.84. The van der Waals surface area contributed by atoms with E-state index < -0.39 is 17.7 Å². The van der Waals surface area contributed by atoms with E-state index in [0.717, 1.165) is 6.07 Å². The van der Waals surface area contributed by atoms with E-state index in [1.807, 2.05) is 7.05 Å². The van der Waals surface area contributed by atoms with Gasteiger partial charge in [-0.3, -0.25) is 0 Å². The Morgan fingerprint density at radius 2 is 2.00 bits per heavy atom. The second kappa shape index (κ2) is 5.76. The summed E-state index contributed by atoms with van der Waals surface area (Å²) in [4.78, 5) is 2.17. The Kier molecular flexibility index (Phi) is 4.30. The molecule has 0 heterocycles. The molecule has 18 heavy (non-hydrogen) atoms. The van der Waals surface area contributed by atoms with Crippen molar-refractivity contribution in [2.75, 3.05) is 13.6 Å². The molecule has 0 saturated heterocycles. The van der Waals surface area contributed by atoms with Crippen LogP contribution in [0.15, 0.2) is 18.2 Å². The first-order valence-corrected chi connectivity index (χ1v) is 6.49. The topological polar surface area (TPSA) is 29.3 Å². The number of hydrogen-bond acceptors (Lipinski definition) is 2. The van der Waals surface area contributed by atoms with Crippen molar-refractivity contribution in [3.63, 3.8) is 0 Å². The fraction of sp³-hybridized carbons (Fsp3) is 0.571. The van der Waals surface area contributed by atoms with E-state index in [0.29, 0.717) is 12.6 Å². The van der Waals surface area contributed by atoms with Crippen molar-refractivity contribution in [1.29, 1.82) is 0 Å². The fourth-order valence-electron chi connectivity index (χ4n) is 2.71. The fourth-order valence-corrected chi connectivity index (χ4v) is 2.71. The van der Waals surface area contributed by atoms with Gasteiger partial charge < -0.3 is 10.6 Å². The Bertz CT molecular complexity index is 403. The van der Waals surface area contributed by atoms with Gasteiger partial charge in [-0.25, -0.2) is 8.78 Å². The third-order valence-electron chi connectivity index (χ3n) is 3.81. The lowest BCUT2D eigenvalue weighted by atomic mass is 10.1. The number of likely N-dealkylation sites (N-methyl/N-ethyl adjacent to an activating group) is 1. The molecule has 0 spiro atoms. The summed E-state index contributed by atoms with van der Waals surface area (Å²) in [6, 6.07) is 4.24. The molecular weight excluding hydrogens is 234 g/mol. The molecule has 2 nitrogen and oxygen atoms in total. The number of benzene rings is 1. The quantitative estimate of drug-likeness (QED) is 0.895. The van der Waals surface area contributed by atoms with E-state index in [4.69, 9.17) is 5.73 Å². The van der Waals surface area contributed by atoms with Crippen LogP contribution in [0.1, 0.15) is 37.3 Å². The third-order valence-corrected chi connectivity index (χ3v) is 3.81. The molecule has 0 bridgehead atoms. The number of hydrogen-bond donors (Lipinski definition) is 1. The Balaban J connectivity index is 2.02. The van der Waals surface area contributed by atoms with Crippen LogP contribution in [0, 0.1) is 11.6 Å². The Morgan fingerprint density at radius 1 is 1.33 bits per heavy atom. The van der Waals surface area contributed by atoms with Crippen LogP contribution in [0.25, 0.3) is 0 Å². The molecule has 0 radical (unpaired) electrons. The molecule has 1 atom stereocenters. The molecule has 1 aliphatic rings. The van der Waals surface area contributed by atoms with Crippen molar-refractivity contribution in [2.24, 2.45) is 5.73 Å². The second-order valence-electron chi connectivity index (χ2n) is 5.13. The van der Waals surface area contributed by atoms with Crippen LogP contribution in [0.2, 0.25) is 0 Å². The summed E-state index contributed by atoms with van der Waals surface area (Å²) in [7, 11) is 2.01. The van der Waals surface area contributed by atoms with Crippen molar-refractivity contribution in [3.05, 3.63) is 35.4 Å². The largest absolute Gasteiger partial charge is 0.323 e. The minimum atomic E-state index is -0.827. The highest BCUT2D eigenvalue weighted by Crippen LogP contribution is 2.25. The number of rotatable bonds is 4. The van der Waals surface area contributed by atoms with E-state index in [-0.39, 0.29) is 5.56 Å². The minimum absolute atomic E-state index is 0.264. The highest BCUT2D eigenvalue weighted by molar-refractivity contribution is 5.22. The van der Waals surface area contributed by atoms with Gasteiger partial charge in [-0.05, 0) is 26.0 Å². The smallest absolute Gasteiger partial charge is 0.163 e. The van der Waals surface area contributed by atoms with Crippen LogP contribution < -0.4 is 5.73 Å². The number of nitrogens with two attached hydrogens (primary N) is 1. The summed E-state index contributed by atoms with van der Waals surface area (Å²) in [5.41, 5.74) is 6.25. The third kappa shape index (κ3) is 2.87.